The molecule has 0 aromatic carbocycles. The van der Waals surface area contributed by atoms with Gasteiger partial charge in [-0.1, -0.05) is 11.3 Å². The molecule has 0 bridgehead atoms. The van der Waals surface area contributed by atoms with E-state index in [2.05, 4.69) is 32.3 Å². The number of likely N-dealkylation sites (tertiary alicyclic amines) is 1. The van der Waals surface area contributed by atoms with Crippen LogP contribution in [0.1, 0.15) is 23.7 Å². The van der Waals surface area contributed by atoms with Gasteiger partial charge in [0.25, 0.3) is 0 Å². The zero-order valence-electron chi connectivity index (χ0n) is 13.6. The van der Waals surface area contributed by atoms with Crippen molar-refractivity contribution in [3.05, 3.63) is 35.8 Å². The molecule has 4 rings (SSSR count). The summed E-state index contributed by atoms with van der Waals surface area (Å²) in [7, 11) is 4.01. The Morgan fingerprint density at radius 2 is 2.22 bits per heavy atom. The molecule has 0 N–H and O–H groups in total. The normalized spacial score (nSPS) is 24.1. The summed E-state index contributed by atoms with van der Waals surface area (Å²) in [4.78, 5) is 8.97. The van der Waals surface area contributed by atoms with Gasteiger partial charge >= 0.3 is 0 Å². The van der Waals surface area contributed by atoms with E-state index in [1.54, 1.807) is 6.20 Å². The van der Waals surface area contributed by atoms with E-state index in [4.69, 9.17) is 4.74 Å². The van der Waals surface area contributed by atoms with Gasteiger partial charge in [-0.3, -0.25) is 4.90 Å². The van der Waals surface area contributed by atoms with Gasteiger partial charge in [0.1, 0.15) is 5.82 Å². The van der Waals surface area contributed by atoms with E-state index in [0.29, 0.717) is 6.61 Å². The topological polar surface area (TPSA) is 59.3 Å². The third kappa shape index (κ3) is 2.82. The van der Waals surface area contributed by atoms with Gasteiger partial charge in [-0.05, 0) is 18.1 Å². The fourth-order valence-corrected chi connectivity index (χ4v) is 3.42. The van der Waals surface area contributed by atoms with Crippen molar-refractivity contribution in [1.82, 2.24) is 24.9 Å². The van der Waals surface area contributed by atoms with Crippen molar-refractivity contribution < 1.29 is 4.74 Å². The van der Waals surface area contributed by atoms with E-state index in [1.807, 2.05) is 29.9 Å². The largest absolute Gasteiger partial charge is 0.370 e. The van der Waals surface area contributed by atoms with E-state index in [0.717, 1.165) is 37.6 Å². The lowest BCUT2D eigenvalue weighted by Crippen LogP contribution is -2.47. The zero-order valence-corrected chi connectivity index (χ0v) is 13.6. The lowest BCUT2D eigenvalue weighted by atomic mass is 10.00. The van der Waals surface area contributed by atoms with Crippen LogP contribution in [0.3, 0.4) is 0 Å². The molecule has 0 spiro atoms. The number of fused-ring (bicyclic) bond motifs is 3. The summed E-state index contributed by atoms with van der Waals surface area (Å²) in [6.45, 7) is 3.52. The van der Waals surface area contributed by atoms with Crippen molar-refractivity contribution in [1.29, 1.82) is 0 Å². The molecule has 2 aromatic rings. The first-order chi connectivity index (χ1) is 11.2. The highest BCUT2D eigenvalue weighted by Gasteiger charge is 2.36. The van der Waals surface area contributed by atoms with Crippen LogP contribution in [-0.2, 0) is 17.9 Å². The first-order valence-electron chi connectivity index (χ1n) is 8.06. The van der Waals surface area contributed by atoms with E-state index in [9.17, 15) is 0 Å². The molecule has 7 nitrogen and oxygen atoms in total. The van der Waals surface area contributed by atoms with Crippen molar-refractivity contribution in [3.8, 4) is 0 Å². The Morgan fingerprint density at radius 1 is 1.30 bits per heavy atom. The highest BCUT2D eigenvalue weighted by molar-refractivity contribution is 5.37. The van der Waals surface area contributed by atoms with E-state index >= 15 is 0 Å². The van der Waals surface area contributed by atoms with Crippen LogP contribution in [0.25, 0.3) is 0 Å². The van der Waals surface area contributed by atoms with Crippen LogP contribution in [0.4, 0.5) is 5.82 Å². The molecule has 0 aliphatic carbocycles. The molecule has 2 aliphatic heterocycles. The minimum absolute atomic E-state index is 0.259. The number of pyridine rings is 1. The number of nitrogens with zero attached hydrogens (tertiary/aromatic N) is 6. The number of hydrogen-bond donors (Lipinski definition) is 0. The quantitative estimate of drug-likeness (QED) is 0.845. The second-order valence-corrected chi connectivity index (χ2v) is 6.53. The van der Waals surface area contributed by atoms with Crippen LogP contribution in [0.15, 0.2) is 24.5 Å². The van der Waals surface area contributed by atoms with Crippen LogP contribution < -0.4 is 4.90 Å². The third-order valence-electron chi connectivity index (χ3n) is 4.69. The van der Waals surface area contributed by atoms with Gasteiger partial charge < -0.3 is 9.64 Å². The summed E-state index contributed by atoms with van der Waals surface area (Å²) < 4.78 is 8.01. The monoisotopic (exact) mass is 314 g/mol. The van der Waals surface area contributed by atoms with E-state index in [1.165, 1.54) is 5.56 Å². The van der Waals surface area contributed by atoms with Crippen LogP contribution in [0.5, 0.6) is 0 Å². The van der Waals surface area contributed by atoms with Crippen molar-refractivity contribution >= 4 is 5.82 Å². The fourth-order valence-electron chi connectivity index (χ4n) is 3.42. The molecule has 23 heavy (non-hydrogen) atoms. The molecule has 2 atom stereocenters. The van der Waals surface area contributed by atoms with Crippen molar-refractivity contribution in [2.24, 2.45) is 0 Å². The number of aromatic nitrogens is 4. The maximum atomic E-state index is 5.96. The molecule has 2 aromatic heterocycles. The fraction of sp³-hybridized carbons (Fsp3) is 0.562. The van der Waals surface area contributed by atoms with Gasteiger partial charge in [0, 0.05) is 39.9 Å². The van der Waals surface area contributed by atoms with Gasteiger partial charge in [-0.15, -0.1) is 5.10 Å². The molecule has 7 heteroatoms. The predicted molar refractivity (Wildman–Crippen MR) is 86.1 cm³/mol. The van der Waals surface area contributed by atoms with Crippen LogP contribution >= 0.6 is 0 Å². The molecular weight excluding hydrogens is 292 g/mol. The highest BCUT2D eigenvalue weighted by Crippen LogP contribution is 2.30. The van der Waals surface area contributed by atoms with Gasteiger partial charge in [0.05, 0.1) is 30.6 Å². The van der Waals surface area contributed by atoms with Gasteiger partial charge in [0.2, 0.25) is 0 Å². The molecule has 1 saturated heterocycles. The van der Waals surface area contributed by atoms with Crippen molar-refractivity contribution in [3.63, 3.8) is 0 Å². The molecule has 0 amide bonds. The van der Waals surface area contributed by atoms with Crippen LogP contribution in [-0.4, -0.2) is 58.2 Å². The Bertz CT molecular complexity index is 667. The Labute approximate surface area is 135 Å². The number of anilines is 1. The first kappa shape index (κ1) is 14.6. The van der Waals surface area contributed by atoms with Crippen LogP contribution in [0.2, 0.25) is 0 Å². The number of rotatable bonds is 3. The van der Waals surface area contributed by atoms with E-state index < -0.39 is 0 Å². The molecule has 0 radical (unpaired) electrons. The van der Waals surface area contributed by atoms with Crippen molar-refractivity contribution in [2.75, 3.05) is 32.1 Å². The third-order valence-corrected chi connectivity index (χ3v) is 4.69. The summed E-state index contributed by atoms with van der Waals surface area (Å²) in [5.74, 6) is 0.986. The zero-order chi connectivity index (χ0) is 15.8. The predicted octanol–water partition coefficient (Wildman–Crippen LogP) is 1.08. The minimum Gasteiger partial charge on any atom is -0.370 e. The summed E-state index contributed by atoms with van der Waals surface area (Å²) in [5.41, 5.74) is 2.31. The van der Waals surface area contributed by atoms with Gasteiger partial charge in [-0.2, -0.15) is 0 Å². The second-order valence-electron chi connectivity index (χ2n) is 6.53. The number of ether oxygens (including phenoxy) is 1. The Balaban J connectivity index is 1.45. The summed E-state index contributed by atoms with van der Waals surface area (Å²) in [6, 6.07) is 4.50. The molecular formula is C16H22N6O. The summed E-state index contributed by atoms with van der Waals surface area (Å²) in [6.07, 6.45) is 5.07. The van der Waals surface area contributed by atoms with Gasteiger partial charge in [-0.25, -0.2) is 9.67 Å². The molecule has 0 unspecified atom stereocenters. The molecule has 0 saturated carbocycles. The SMILES string of the molecule is CN(C)c1ccc(CN2CC[C@H]3OCc4cnnn4[C@@H]3C2)cn1. The molecule has 4 heterocycles. The number of hydrogen-bond acceptors (Lipinski definition) is 6. The smallest absolute Gasteiger partial charge is 0.127 e. The lowest BCUT2D eigenvalue weighted by molar-refractivity contribution is -0.0669. The maximum absolute atomic E-state index is 5.96. The Kier molecular flexibility index (Phi) is 3.74. The van der Waals surface area contributed by atoms with Gasteiger partial charge in [0.15, 0.2) is 0 Å². The molecule has 122 valence electrons. The standard InChI is InChI=1S/C16H22N6O/c1-20(2)16-4-3-12(7-17-16)9-21-6-5-15-14(10-21)22-13(11-23-15)8-18-19-22/h3-4,7-8,14-15H,5-6,9-11H2,1-2H3/t14-,15-/m1/s1. The van der Waals surface area contributed by atoms with E-state index in [-0.39, 0.29) is 12.1 Å². The molecule has 2 aliphatic rings. The molecule has 1 fully saturated rings. The summed E-state index contributed by atoms with van der Waals surface area (Å²) in [5, 5.41) is 8.29. The number of piperidine rings is 1. The second kappa shape index (κ2) is 5.90. The Hall–Kier alpha value is -1.99. The summed E-state index contributed by atoms with van der Waals surface area (Å²) >= 11 is 0. The minimum atomic E-state index is 0.259. The highest BCUT2D eigenvalue weighted by atomic mass is 16.5. The Morgan fingerprint density at radius 3 is 3.00 bits per heavy atom. The lowest BCUT2D eigenvalue weighted by Gasteiger charge is -2.41. The first-order valence-corrected chi connectivity index (χ1v) is 8.06. The average molecular weight is 314 g/mol. The average Bonchev–Trinajstić information content (AvgIpc) is 3.04. The van der Waals surface area contributed by atoms with Crippen molar-refractivity contribution in [2.45, 2.75) is 31.7 Å². The maximum Gasteiger partial charge on any atom is 0.127 e. The van der Waals surface area contributed by atoms with Crippen LogP contribution in [0, 0.1) is 0 Å².